The summed E-state index contributed by atoms with van der Waals surface area (Å²) in [5, 5.41) is 4.65. The minimum atomic E-state index is -0.641. The van der Waals surface area contributed by atoms with Gasteiger partial charge in [-0.15, -0.1) is 0 Å². The summed E-state index contributed by atoms with van der Waals surface area (Å²) in [5.74, 6) is 0.452. The molecule has 0 atom stereocenters. The zero-order valence-corrected chi connectivity index (χ0v) is 16.9. The van der Waals surface area contributed by atoms with Gasteiger partial charge in [0.05, 0.1) is 17.7 Å². The maximum atomic E-state index is 6.36. The van der Waals surface area contributed by atoms with Crippen LogP contribution in [0.2, 0.25) is 0 Å². The molecule has 0 fully saturated rings. The Labute approximate surface area is 177 Å². The molecule has 0 amide bonds. The number of hydrogen-bond donors (Lipinski definition) is 3. The van der Waals surface area contributed by atoms with Crippen LogP contribution in [-0.4, -0.2) is 16.3 Å². The molecule has 0 spiro atoms. The molecule has 0 aliphatic rings. The van der Waals surface area contributed by atoms with Gasteiger partial charge < -0.3 is 17.2 Å². The summed E-state index contributed by atoms with van der Waals surface area (Å²) >= 11 is 0. The van der Waals surface area contributed by atoms with Gasteiger partial charge in [-0.25, -0.2) is 0 Å². The van der Waals surface area contributed by atoms with E-state index in [0.717, 1.165) is 27.9 Å². The van der Waals surface area contributed by atoms with E-state index in [9.17, 15) is 0 Å². The molecule has 5 heteroatoms. The summed E-state index contributed by atoms with van der Waals surface area (Å²) in [4.78, 5) is 0. The molecule has 0 radical (unpaired) electrons. The van der Waals surface area contributed by atoms with E-state index in [-0.39, 0.29) is 0 Å². The Morgan fingerprint density at radius 1 is 0.700 bits per heavy atom. The molecule has 152 valence electrons. The first-order chi connectivity index (χ1) is 14.7. The van der Waals surface area contributed by atoms with Gasteiger partial charge in [0.25, 0.3) is 0 Å². The van der Waals surface area contributed by atoms with Crippen molar-refractivity contribution in [1.82, 2.24) is 9.78 Å². The highest BCUT2D eigenvalue weighted by Crippen LogP contribution is 2.47. The zero-order chi connectivity index (χ0) is 21.0. The number of nitrogens with two attached hydrogens (primary N) is 3. The second-order valence-electron chi connectivity index (χ2n) is 7.28. The van der Waals surface area contributed by atoms with E-state index in [0.29, 0.717) is 25.5 Å². The standard InChI is InChI=1S/C25H27N5/c26-16-17-30-23(22(18-27)24(28)29-30)25(19-10-4-1-5-11-19,20-12-6-2-7-13-20)21-14-8-3-9-15-21/h1-15H,16-18,26-27H2,(H2,28,29). The molecule has 1 aromatic heterocycles. The maximum Gasteiger partial charge on any atom is 0.150 e. The van der Waals surface area contributed by atoms with Crippen LogP contribution < -0.4 is 17.2 Å². The molecule has 6 N–H and O–H groups in total. The maximum absolute atomic E-state index is 6.36. The number of benzene rings is 3. The van der Waals surface area contributed by atoms with E-state index in [1.807, 2.05) is 22.9 Å². The van der Waals surface area contributed by atoms with Gasteiger partial charge in [-0.2, -0.15) is 5.10 Å². The summed E-state index contributed by atoms with van der Waals surface area (Å²) in [7, 11) is 0. The van der Waals surface area contributed by atoms with Crippen LogP contribution in [0, 0.1) is 0 Å². The van der Waals surface area contributed by atoms with Gasteiger partial charge in [0, 0.05) is 18.7 Å². The summed E-state index contributed by atoms with van der Waals surface area (Å²) in [6, 6.07) is 31.3. The third-order valence-electron chi connectivity index (χ3n) is 5.60. The lowest BCUT2D eigenvalue weighted by molar-refractivity contribution is 0.548. The van der Waals surface area contributed by atoms with E-state index in [1.54, 1.807) is 0 Å². The summed E-state index contributed by atoms with van der Waals surface area (Å²) in [5.41, 5.74) is 23.1. The van der Waals surface area contributed by atoms with Crippen molar-refractivity contribution in [2.24, 2.45) is 11.5 Å². The second-order valence-corrected chi connectivity index (χ2v) is 7.28. The molecule has 0 bridgehead atoms. The number of anilines is 1. The van der Waals surface area contributed by atoms with Gasteiger partial charge in [0.2, 0.25) is 0 Å². The molecule has 0 saturated carbocycles. The SMILES string of the molecule is NCCn1nc(N)c(CN)c1C(c1ccccc1)(c1ccccc1)c1ccccc1. The van der Waals surface area contributed by atoms with Crippen molar-refractivity contribution >= 4 is 5.82 Å². The Morgan fingerprint density at radius 2 is 1.13 bits per heavy atom. The molecule has 5 nitrogen and oxygen atoms in total. The van der Waals surface area contributed by atoms with Crippen molar-refractivity contribution in [3.63, 3.8) is 0 Å². The molecule has 0 aliphatic heterocycles. The molecular weight excluding hydrogens is 370 g/mol. The van der Waals surface area contributed by atoms with Crippen LogP contribution in [0.25, 0.3) is 0 Å². The van der Waals surface area contributed by atoms with Crippen LogP contribution in [0.4, 0.5) is 5.82 Å². The lowest BCUT2D eigenvalue weighted by Crippen LogP contribution is -2.36. The monoisotopic (exact) mass is 397 g/mol. The van der Waals surface area contributed by atoms with Gasteiger partial charge >= 0.3 is 0 Å². The highest BCUT2D eigenvalue weighted by molar-refractivity contribution is 5.62. The van der Waals surface area contributed by atoms with Crippen molar-refractivity contribution in [1.29, 1.82) is 0 Å². The molecule has 4 aromatic rings. The summed E-state index contributed by atoms with van der Waals surface area (Å²) < 4.78 is 1.94. The lowest BCUT2D eigenvalue weighted by Gasteiger charge is -2.37. The molecule has 30 heavy (non-hydrogen) atoms. The van der Waals surface area contributed by atoms with Crippen LogP contribution in [0.1, 0.15) is 27.9 Å². The average molecular weight is 398 g/mol. The first-order valence-corrected chi connectivity index (χ1v) is 10.2. The van der Waals surface area contributed by atoms with Crippen LogP contribution in [-0.2, 0) is 18.5 Å². The molecule has 0 saturated heterocycles. The number of aromatic nitrogens is 2. The first kappa shape index (κ1) is 19.9. The van der Waals surface area contributed by atoms with Crippen LogP contribution in [0.5, 0.6) is 0 Å². The first-order valence-electron chi connectivity index (χ1n) is 10.2. The van der Waals surface area contributed by atoms with E-state index >= 15 is 0 Å². The van der Waals surface area contributed by atoms with Gasteiger partial charge in [-0.3, -0.25) is 4.68 Å². The van der Waals surface area contributed by atoms with E-state index < -0.39 is 5.41 Å². The smallest absolute Gasteiger partial charge is 0.150 e. The average Bonchev–Trinajstić information content (AvgIpc) is 3.12. The molecule has 0 unspecified atom stereocenters. The van der Waals surface area contributed by atoms with Gasteiger partial charge in [-0.1, -0.05) is 91.0 Å². The molecular formula is C25H27N5. The highest BCUT2D eigenvalue weighted by Gasteiger charge is 2.43. The fraction of sp³-hybridized carbons (Fsp3) is 0.160. The second kappa shape index (κ2) is 8.53. The fourth-order valence-electron chi connectivity index (χ4n) is 4.40. The normalized spacial score (nSPS) is 11.5. The third-order valence-corrected chi connectivity index (χ3v) is 5.60. The highest BCUT2D eigenvalue weighted by atomic mass is 15.3. The van der Waals surface area contributed by atoms with Crippen molar-refractivity contribution in [2.75, 3.05) is 12.3 Å². The zero-order valence-electron chi connectivity index (χ0n) is 16.9. The van der Waals surface area contributed by atoms with Crippen LogP contribution in [0.15, 0.2) is 91.0 Å². The van der Waals surface area contributed by atoms with Crippen molar-refractivity contribution in [2.45, 2.75) is 18.5 Å². The van der Waals surface area contributed by atoms with Gasteiger partial charge in [0.1, 0.15) is 5.82 Å². The summed E-state index contributed by atoms with van der Waals surface area (Å²) in [6.45, 7) is 1.29. The predicted molar refractivity (Wildman–Crippen MR) is 122 cm³/mol. The predicted octanol–water partition coefficient (Wildman–Crippen LogP) is 3.27. The van der Waals surface area contributed by atoms with Crippen LogP contribution in [0.3, 0.4) is 0 Å². The molecule has 4 rings (SSSR count). The topological polar surface area (TPSA) is 95.9 Å². The van der Waals surface area contributed by atoms with Crippen LogP contribution >= 0.6 is 0 Å². The number of nitrogen functional groups attached to an aromatic ring is 1. The van der Waals surface area contributed by atoms with Gasteiger partial charge in [0.15, 0.2) is 0 Å². The largest absolute Gasteiger partial charge is 0.382 e. The molecule has 1 heterocycles. The van der Waals surface area contributed by atoms with E-state index in [1.165, 1.54) is 0 Å². The summed E-state index contributed by atoms with van der Waals surface area (Å²) in [6.07, 6.45) is 0. The van der Waals surface area contributed by atoms with Crippen molar-refractivity contribution in [3.05, 3.63) is 119 Å². The lowest BCUT2D eigenvalue weighted by atomic mass is 9.66. The Morgan fingerprint density at radius 3 is 1.50 bits per heavy atom. The number of hydrogen-bond acceptors (Lipinski definition) is 4. The van der Waals surface area contributed by atoms with Crippen molar-refractivity contribution in [3.8, 4) is 0 Å². The number of rotatable bonds is 7. The fourth-order valence-corrected chi connectivity index (χ4v) is 4.40. The third kappa shape index (κ3) is 3.18. The van der Waals surface area contributed by atoms with E-state index in [4.69, 9.17) is 17.2 Å². The Hall–Kier alpha value is -3.41. The quantitative estimate of drug-likeness (QED) is 0.417. The van der Waals surface area contributed by atoms with Crippen molar-refractivity contribution < 1.29 is 0 Å². The minimum absolute atomic E-state index is 0.292. The van der Waals surface area contributed by atoms with E-state index in [2.05, 4.69) is 77.9 Å². The Kier molecular flexibility index (Phi) is 5.65. The number of nitrogens with zero attached hydrogens (tertiary/aromatic N) is 2. The molecule has 3 aromatic carbocycles. The minimum Gasteiger partial charge on any atom is -0.382 e. The molecule has 0 aliphatic carbocycles. The van der Waals surface area contributed by atoms with Gasteiger partial charge in [-0.05, 0) is 16.7 Å². The Balaban J connectivity index is 2.20. The Bertz CT molecular complexity index is 992.